The predicted molar refractivity (Wildman–Crippen MR) is 212 cm³/mol. The Kier molecular flexibility index (Phi) is 21.5. The minimum absolute atomic E-state index is 0.0603. The summed E-state index contributed by atoms with van der Waals surface area (Å²) in [7, 11) is 0. The summed E-state index contributed by atoms with van der Waals surface area (Å²) in [6.45, 7) is 9.34. The fourth-order valence-corrected chi connectivity index (χ4v) is 8.33. The maximum atomic E-state index is 2.78. The molecule has 2 heteroatoms. The van der Waals surface area contributed by atoms with Crippen molar-refractivity contribution in [2.45, 2.75) is 193 Å². The second-order valence-corrected chi connectivity index (χ2v) is 15.0. The molecule has 2 nitrogen and oxygen atoms in total. The normalized spacial score (nSPS) is 16.6. The number of hydrogen-bond donors (Lipinski definition) is 0. The van der Waals surface area contributed by atoms with Gasteiger partial charge in [0.2, 0.25) is 0 Å². The first-order chi connectivity index (χ1) is 23.8. The number of nitrogens with zero attached hydrogens (tertiary/aromatic N) is 2. The molecule has 1 aliphatic rings. The van der Waals surface area contributed by atoms with Crippen molar-refractivity contribution < 1.29 is 0 Å². The lowest BCUT2D eigenvalue weighted by Crippen LogP contribution is -2.59. The van der Waals surface area contributed by atoms with Gasteiger partial charge in [-0.05, 0) is 30.4 Å². The Balaban J connectivity index is 1.53. The second kappa shape index (κ2) is 25.7. The third-order valence-corrected chi connectivity index (χ3v) is 11.2. The molecule has 0 aromatic heterocycles. The molecule has 2 atom stereocenters. The summed E-state index contributed by atoms with van der Waals surface area (Å²) in [6, 6.07) is 22.8. The van der Waals surface area contributed by atoms with Gasteiger partial charge < -0.3 is 9.80 Å². The highest BCUT2D eigenvalue weighted by Gasteiger charge is 2.49. The Labute approximate surface area is 299 Å². The molecule has 0 amide bonds. The van der Waals surface area contributed by atoms with Crippen molar-refractivity contribution in [1.29, 1.82) is 0 Å². The van der Waals surface area contributed by atoms with Crippen molar-refractivity contribution in [3.05, 3.63) is 84.2 Å². The quantitative estimate of drug-likeness (QED) is 0.0772. The molecule has 2 aromatic carbocycles. The van der Waals surface area contributed by atoms with E-state index in [4.69, 9.17) is 0 Å². The summed E-state index contributed by atoms with van der Waals surface area (Å²) in [5, 5.41) is 0. The number of hydrogen-bond acceptors (Lipinski definition) is 2. The summed E-state index contributed by atoms with van der Waals surface area (Å²) in [5.41, 5.74) is 2.88. The van der Waals surface area contributed by atoms with E-state index in [9.17, 15) is 0 Å². The first-order valence-corrected chi connectivity index (χ1v) is 21.1. The molecule has 1 heterocycles. The van der Waals surface area contributed by atoms with Crippen LogP contribution in [0.25, 0.3) is 0 Å². The van der Waals surface area contributed by atoms with Gasteiger partial charge in [0, 0.05) is 37.8 Å². The third kappa shape index (κ3) is 14.3. The van der Waals surface area contributed by atoms with Crippen molar-refractivity contribution in [2.24, 2.45) is 0 Å². The zero-order valence-corrected chi connectivity index (χ0v) is 32.0. The average molecular weight is 657 g/mol. The minimum Gasteiger partial charge on any atom is -0.353 e. The number of benzene rings is 2. The van der Waals surface area contributed by atoms with Gasteiger partial charge in [0.25, 0.3) is 0 Å². The first kappa shape index (κ1) is 40.2. The standard InChI is InChI=1S/C46H76N2/c1-4-7-9-11-13-14-15-16-17-18-19-20-21-23-25-33-39-48-41-40-47(38-32-24-22-12-10-8-5-2)46(48,42-43-34-28-26-29-35-43)45(6-3)44-36-30-27-31-37-44/h26-31,34-37,40-41,45H,4-25,32-33,38-39,42H2,1-3H3. The van der Waals surface area contributed by atoms with E-state index >= 15 is 0 Å². The van der Waals surface area contributed by atoms with Gasteiger partial charge >= 0.3 is 0 Å². The third-order valence-electron chi connectivity index (χ3n) is 11.2. The molecule has 0 radical (unpaired) electrons. The monoisotopic (exact) mass is 657 g/mol. The van der Waals surface area contributed by atoms with Gasteiger partial charge in [0.1, 0.15) is 5.66 Å². The highest BCUT2D eigenvalue weighted by Crippen LogP contribution is 2.45. The van der Waals surface area contributed by atoms with Crippen LogP contribution in [0.3, 0.4) is 0 Å². The van der Waals surface area contributed by atoms with Crippen LogP contribution in [0.15, 0.2) is 73.1 Å². The van der Waals surface area contributed by atoms with Gasteiger partial charge in [-0.25, -0.2) is 0 Å². The largest absolute Gasteiger partial charge is 0.353 e. The van der Waals surface area contributed by atoms with Gasteiger partial charge in [-0.2, -0.15) is 0 Å². The maximum absolute atomic E-state index is 2.78. The zero-order chi connectivity index (χ0) is 34.0. The molecular weight excluding hydrogens is 581 g/mol. The van der Waals surface area contributed by atoms with Gasteiger partial charge in [0.15, 0.2) is 0 Å². The van der Waals surface area contributed by atoms with E-state index in [1.165, 1.54) is 159 Å². The molecule has 2 aromatic rings. The molecule has 0 spiro atoms. The molecule has 0 N–H and O–H groups in total. The summed E-state index contributed by atoms with van der Waals surface area (Å²) < 4.78 is 0. The van der Waals surface area contributed by atoms with Crippen LogP contribution < -0.4 is 0 Å². The van der Waals surface area contributed by atoms with Crippen LogP contribution >= 0.6 is 0 Å². The number of rotatable bonds is 30. The molecule has 3 rings (SSSR count). The summed E-state index contributed by atoms with van der Waals surface area (Å²) in [5.74, 6) is 0.444. The zero-order valence-electron chi connectivity index (χ0n) is 32.0. The summed E-state index contributed by atoms with van der Waals surface area (Å²) >= 11 is 0. The van der Waals surface area contributed by atoms with Crippen molar-refractivity contribution >= 4 is 0 Å². The van der Waals surface area contributed by atoms with Gasteiger partial charge in [-0.1, -0.05) is 216 Å². The lowest BCUT2D eigenvalue weighted by Gasteiger charge is -2.51. The highest BCUT2D eigenvalue weighted by molar-refractivity contribution is 5.30. The van der Waals surface area contributed by atoms with Crippen molar-refractivity contribution in [1.82, 2.24) is 9.80 Å². The number of unbranched alkanes of at least 4 members (excludes halogenated alkanes) is 21. The van der Waals surface area contributed by atoms with E-state index in [0.29, 0.717) is 5.92 Å². The van der Waals surface area contributed by atoms with Crippen LogP contribution in [0.5, 0.6) is 0 Å². The lowest BCUT2D eigenvalue weighted by atomic mass is 9.78. The van der Waals surface area contributed by atoms with Gasteiger partial charge in [-0.15, -0.1) is 0 Å². The highest BCUT2D eigenvalue weighted by atomic mass is 15.4. The van der Waals surface area contributed by atoms with E-state index < -0.39 is 0 Å². The predicted octanol–water partition coefficient (Wildman–Crippen LogP) is 14.2. The molecule has 270 valence electrons. The molecule has 0 aliphatic carbocycles. The average Bonchev–Trinajstić information content (AvgIpc) is 3.45. The molecule has 0 fully saturated rings. The van der Waals surface area contributed by atoms with Gasteiger partial charge in [0.05, 0.1) is 0 Å². The van der Waals surface area contributed by atoms with Crippen LogP contribution in [0.2, 0.25) is 0 Å². The van der Waals surface area contributed by atoms with Crippen LogP contribution in [-0.4, -0.2) is 28.6 Å². The van der Waals surface area contributed by atoms with E-state index in [-0.39, 0.29) is 5.66 Å². The topological polar surface area (TPSA) is 6.48 Å². The van der Waals surface area contributed by atoms with Crippen LogP contribution in [0.4, 0.5) is 0 Å². The minimum atomic E-state index is -0.0603. The second-order valence-electron chi connectivity index (χ2n) is 15.0. The van der Waals surface area contributed by atoms with Crippen LogP contribution in [0.1, 0.15) is 192 Å². The maximum Gasteiger partial charge on any atom is 0.123 e. The SMILES string of the molecule is CCCCCCCCCCCCCCCCCCN1C=CN(CCCCCCCCC)C1(Cc1ccccc1)C(CC)c1ccccc1. The molecule has 1 aliphatic heterocycles. The van der Waals surface area contributed by atoms with Crippen molar-refractivity contribution in [3.8, 4) is 0 Å². The van der Waals surface area contributed by atoms with Crippen LogP contribution in [0, 0.1) is 0 Å². The molecule has 0 saturated carbocycles. The Bertz CT molecular complexity index is 1030. The molecule has 0 saturated heterocycles. The Morgan fingerprint density at radius 2 is 0.792 bits per heavy atom. The smallest absolute Gasteiger partial charge is 0.123 e. The van der Waals surface area contributed by atoms with E-state index in [0.717, 1.165) is 25.9 Å². The molecule has 2 unspecified atom stereocenters. The van der Waals surface area contributed by atoms with Crippen LogP contribution in [-0.2, 0) is 6.42 Å². The molecule has 48 heavy (non-hydrogen) atoms. The van der Waals surface area contributed by atoms with Crippen molar-refractivity contribution in [3.63, 3.8) is 0 Å². The Hall–Kier alpha value is -2.22. The van der Waals surface area contributed by atoms with E-state index in [1.807, 2.05) is 0 Å². The Morgan fingerprint density at radius 1 is 0.438 bits per heavy atom. The fourth-order valence-electron chi connectivity index (χ4n) is 8.33. The first-order valence-electron chi connectivity index (χ1n) is 21.1. The lowest BCUT2D eigenvalue weighted by molar-refractivity contribution is -0.00378. The Morgan fingerprint density at radius 3 is 1.17 bits per heavy atom. The van der Waals surface area contributed by atoms with E-state index in [1.54, 1.807) is 0 Å². The van der Waals surface area contributed by atoms with E-state index in [2.05, 4.69) is 104 Å². The fraction of sp³-hybridized carbons (Fsp3) is 0.696. The summed E-state index contributed by atoms with van der Waals surface area (Å²) in [4.78, 5) is 5.56. The molecule has 0 bridgehead atoms. The van der Waals surface area contributed by atoms with Crippen molar-refractivity contribution in [2.75, 3.05) is 13.1 Å². The molecular formula is C46H76N2. The summed E-state index contributed by atoms with van der Waals surface area (Å²) in [6.07, 6.45) is 39.4. The van der Waals surface area contributed by atoms with Gasteiger partial charge in [-0.3, -0.25) is 0 Å².